The summed E-state index contributed by atoms with van der Waals surface area (Å²) in [7, 11) is -3.85. The summed E-state index contributed by atoms with van der Waals surface area (Å²) >= 11 is 12.2. The summed E-state index contributed by atoms with van der Waals surface area (Å²) in [5.74, 6) is -0.605. The third-order valence-electron chi connectivity index (χ3n) is 5.67. The van der Waals surface area contributed by atoms with Gasteiger partial charge in [0.1, 0.15) is 4.90 Å². The largest absolute Gasteiger partial charge is 0.349 e. The van der Waals surface area contributed by atoms with Gasteiger partial charge in [0.25, 0.3) is 5.91 Å². The van der Waals surface area contributed by atoms with E-state index in [1.807, 2.05) is 0 Å². The molecule has 2 fully saturated rings. The summed E-state index contributed by atoms with van der Waals surface area (Å²) in [5.41, 5.74) is 1.14. The molecule has 1 saturated carbocycles. The van der Waals surface area contributed by atoms with Gasteiger partial charge < -0.3 is 10.6 Å². The maximum absolute atomic E-state index is 13.0. The Morgan fingerprint density at radius 3 is 2.06 bits per heavy atom. The molecule has 0 bridgehead atoms. The summed E-state index contributed by atoms with van der Waals surface area (Å²) in [6, 6.07) is 11.6. The SMILES string of the molecule is O=C(NC1CC1)c1ccc(NC(=O)C2CCN(S(=O)(=O)c3c(Cl)cccc3Cl)CC2)cc1. The van der Waals surface area contributed by atoms with Crippen LogP contribution >= 0.6 is 23.2 Å². The van der Waals surface area contributed by atoms with E-state index in [4.69, 9.17) is 23.2 Å². The van der Waals surface area contributed by atoms with Crippen LogP contribution in [0.5, 0.6) is 0 Å². The number of carbonyl (C=O) groups excluding carboxylic acids is 2. The summed E-state index contributed by atoms with van der Waals surface area (Å²) in [6.07, 6.45) is 2.81. The molecule has 7 nitrogen and oxygen atoms in total. The zero-order chi connectivity index (χ0) is 22.9. The quantitative estimate of drug-likeness (QED) is 0.634. The molecule has 0 aromatic heterocycles. The van der Waals surface area contributed by atoms with Gasteiger partial charge in [-0.05, 0) is 62.1 Å². The van der Waals surface area contributed by atoms with Gasteiger partial charge in [-0.3, -0.25) is 9.59 Å². The van der Waals surface area contributed by atoms with Gasteiger partial charge in [-0.1, -0.05) is 29.3 Å². The first-order chi connectivity index (χ1) is 15.3. The Bertz CT molecular complexity index is 1110. The molecule has 1 saturated heterocycles. The van der Waals surface area contributed by atoms with Crippen molar-refractivity contribution in [2.45, 2.75) is 36.6 Å². The number of nitrogens with one attached hydrogen (secondary N) is 2. The minimum atomic E-state index is -3.85. The number of nitrogens with zero attached hydrogens (tertiary/aromatic N) is 1. The van der Waals surface area contributed by atoms with Crippen LogP contribution in [0.2, 0.25) is 10.0 Å². The average molecular weight is 496 g/mol. The molecule has 4 rings (SSSR count). The zero-order valence-corrected chi connectivity index (χ0v) is 19.5. The zero-order valence-electron chi connectivity index (χ0n) is 17.2. The van der Waals surface area contributed by atoms with Gasteiger partial charge in [-0.2, -0.15) is 4.31 Å². The molecule has 0 radical (unpaired) electrons. The maximum atomic E-state index is 13.0. The fourth-order valence-electron chi connectivity index (χ4n) is 3.66. The lowest BCUT2D eigenvalue weighted by Crippen LogP contribution is -2.41. The number of halogens is 2. The van der Waals surface area contributed by atoms with Gasteiger partial charge >= 0.3 is 0 Å². The van der Waals surface area contributed by atoms with Crippen molar-refractivity contribution in [1.82, 2.24) is 9.62 Å². The number of piperidine rings is 1. The van der Waals surface area contributed by atoms with E-state index in [0.717, 1.165) is 12.8 Å². The highest BCUT2D eigenvalue weighted by Crippen LogP contribution is 2.33. The molecule has 2 N–H and O–H groups in total. The minimum absolute atomic E-state index is 0.0756. The van der Waals surface area contributed by atoms with Crippen LogP contribution in [0.15, 0.2) is 47.4 Å². The van der Waals surface area contributed by atoms with Crippen LogP contribution in [0.1, 0.15) is 36.0 Å². The summed E-state index contributed by atoms with van der Waals surface area (Å²) < 4.78 is 27.3. The lowest BCUT2D eigenvalue weighted by molar-refractivity contribution is -0.120. The fourth-order valence-corrected chi connectivity index (χ4v) is 6.22. The fraction of sp³-hybridized carbons (Fsp3) is 0.364. The Balaban J connectivity index is 1.34. The van der Waals surface area contributed by atoms with Gasteiger partial charge in [0.15, 0.2) is 0 Å². The first-order valence-electron chi connectivity index (χ1n) is 10.4. The predicted molar refractivity (Wildman–Crippen MR) is 124 cm³/mol. The highest BCUT2D eigenvalue weighted by Gasteiger charge is 2.34. The van der Waals surface area contributed by atoms with E-state index < -0.39 is 10.0 Å². The normalized spacial score (nSPS) is 17.7. The molecular formula is C22H23Cl2N3O4S. The van der Waals surface area contributed by atoms with Crippen molar-refractivity contribution in [2.75, 3.05) is 18.4 Å². The number of anilines is 1. The van der Waals surface area contributed by atoms with E-state index in [1.54, 1.807) is 30.3 Å². The molecule has 32 heavy (non-hydrogen) atoms. The van der Waals surface area contributed by atoms with Crippen molar-refractivity contribution < 1.29 is 18.0 Å². The molecule has 2 aromatic carbocycles. The van der Waals surface area contributed by atoms with E-state index in [9.17, 15) is 18.0 Å². The van der Waals surface area contributed by atoms with Gasteiger partial charge in [0.05, 0.1) is 10.0 Å². The highest BCUT2D eigenvalue weighted by atomic mass is 35.5. The second-order valence-electron chi connectivity index (χ2n) is 8.04. The molecule has 0 unspecified atom stereocenters. The number of benzene rings is 2. The van der Waals surface area contributed by atoms with Crippen LogP contribution in [-0.4, -0.2) is 43.7 Å². The number of sulfonamides is 1. The Morgan fingerprint density at radius 1 is 0.906 bits per heavy atom. The lowest BCUT2D eigenvalue weighted by atomic mass is 9.97. The molecule has 2 amide bonds. The number of hydrogen-bond acceptors (Lipinski definition) is 4. The van der Waals surface area contributed by atoms with Crippen molar-refractivity contribution in [3.63, 3.8) is 0 Å². The van der Waals surface area contributed by atoms with Crippen LogP contribution in [0.3, 0.4) is 0 Å². The van der Waals surface area contributed by atoms with Crippen molar-refractivity contribution in [1.29, 1.82) is 0 Å². The molecule has 1 aliphatic carbocycles. The third kappa shape index (κ3) is 5.09. The second-order valence-corrected chi connectivity index (χ2v) is 10.7. The van der Waals surface area contributed by atoms with Crippen LogP contribution in [0.25, 0.3) is 0 Å². The van der Waals surface area contributed by atoms with Crippen molar-refractivity contribution >= 4 is 50.7 Å². The van der Waals surface area contributed by atoms with Crippen LogP contribution < -0.4 is 10.6 Å². The third-order valence-corrected chi connectivity index (χ3v) is 8.52. The minimum Gasteiger partial charge on any atom is -0.349 e. The van der Waals surface area contributed by atoms with E-state index in [1.165, 1.54) is 16.4 Å². The molecule has 2 aliphatic rings. The van der Waals surface area contributed by atoms with Crippen LogP contribution in [0, 0.1) is 5.92 Å². The molecule has 1 aliphatic heterocycles. The monoisotopic (exact) mass is 495 g/mol. The van der Waals surface area contributed by atoms with Gasteiger partial charge in [-0.15, -0.1) is 0 Å². The highest BCUT2D eigenvalue weighted by molar-refractivity contribution is 7.89. The second kappa shape index (κ2) is 9.39. The molecule has 10 heteroatoms. The molecule has 0 spiro atoms. The summed E-state index contributed by atoms with van der Waals surface area (Å²) in [6.45, 7) is 0.393. The number of amides is 2. The molecule has 0 atom stereocenters. The summed E-state index contributed by atoms with van der Waals surface area (Å²) in [5, 5.41) is 5.93. The topological polar surface area (TPSA) is 95.6 Å². The maximum Gasteiger partial charge on any atom is 0.251 e. The first kappa shape index (κ1) is 23.0. The number of carbonyl (C=O) groups is 2. The Labute approximate surface area is 197 Å². The molecule has 2 aromatic rings. The van der Waals surface area contributed by atoms with Crippen LogP contribution in [-0.2, 0) is 14.8 Å². The lowest BCUT2D eigenvalue weighted by Gasteiger charge is -2.31. The Morgan fingerprint density at radius 2 is 1.50 bits per heavy atom. The van der Waals surface area contributed by atoms with Gasteiger partial charge in [0.2, 0.25) is 15.9 Å². The Kier molecular flexibility index (Phi) is 6.76. The number of rotatable bonds is 6. The molecular weight excluding hydrogens is 473 g/mol. The Hall–Kier alpha value is -2.13. The average Bonchev–Trinajstić information content (AvgIpc) is 3.58. The predicted octanol–water partition coefficient (Wildman–Crippen LogP) is 3.93. The van der Waals surface area contributed by atoms with E-state index in [2.05, 4.69) is 10.6 Å². The van der Waals surface area contributed by atoms with Crippen molar-refractivity contribution in [3.05, 3.63) is 58.1 Å². The smallest absolute Gasteiger partial charge is 0.251 e. The van der Waals surface area contributed by atoms with Gasteiger partial charge in [0, 0.05) is 36.3 Å². The van der Waals surface area contributed by atoms with Crippen molar-refractivity contribution in [3.8, 4) is 0 Å². The summed E-state index contributed by atoms with van der Waals surface area (Å²) in [4.78, 5) is 24.6. The van der Waals surface area contributed by atoms with Crippen molar-refractivity contribution in [2.24, 2.45) is 5.92 Å². The van der Waals surface area contributed by atoms with Crippen LogP contribution in [0.4, 0.5) is 5.69 Å². The first-order valence-corrected chi connectivity index (χ1v) is 12.6. The molecule has 170 valence electrons. The van der Waals surface area contributed by atoms with E-state index in [-0.39, 0.29) is 51.8 Å². The van der Waals surface area contributed by atoms with E-state index in [0.29, 0.717) is 24.1 Å². The molecule has 1 heterocycles. The number of hydrogen-bond donors (Lipinski definition) is 2. The van der Waals surface area contributed by atoms with E-state index >= 15 is 0 Å². The standard InChI is InChI=1S/C22H23Cl2N3O4S/c23-18-2-1-3-19(24)20(18)32(30,31)27-12-10-15(11-13-27)22(29)25-16-6-4-14(5-7-16)21(28)26-17-8-9-17/h1-7,15,17H,8-13H2,(H,25,29)(H,26,28). The van der Waals surface area contributed by atoms with Gasteiger partial charge in [-0.25, -0.2) is 8.42 Å².